The van der Waals surface area contributed by atoms with Crippen LogP contribution >= 0.6 is 69.7 Å². The monoisotopic (exact) mass is 1030 g/mol. The number of likely N-dealkylation sites (N-methyl/N-ethyl adjacent to an activating group) is 2. The van der Waals surface area contributed by atoms with Gasteiger partial charge in [-0.2, -0.15) is 0 Å². The fraction of sp³-hybridized carbons (Fsp3) is 0.514. The smallest absolute Gasteiger partial charge is 0.253 e. The van der Waals surface area contributed by atoms with Gasteiger partial charge in [0.15, 0.2) is 16.0 Å². The molecule has 356 valence electrons. The molecule has 4 aliphatic heterocycles. The molecule has 8 rings (SSSR count). The van der Waals surface area contributed by atoms with Crippen LogP contribution in [0.2, 0.25) is 0 Å². The Labute approximate surface area is 408 Å². The number of nitrogens with one attached hydrogen (secondary N) is 3. The maximum Gasteiger partial charge on any atom is 0.253 e. The molecule has 0 radical (unpaired) electrons. The molecule has 1 unspecified atom stereocenters. The van der Waals surface area contributed by atoms with Crippen LogP contribution in [0.4, 0.5) is 10.3 Å². The summed E-state index contributed by atoms with van der Waals surface area (Å²) in [6.45, 7) is 4.01. The number of allylic oxidation sites excluding steroid dienone is 1. The van der Waals surface area contributed by atoms with Gasteiger partial charge in [0, 0.05) is 48.0 Å². The third-order valence-corrected chi connectivity index (χ3v) is 16.8. The summed E-state index contributed by atoms with van der Waals surface area (Å²) in [7, 11) is 7.81. The largest absolute Gasteiger partial charge is 0.375 e. The van der Waals surface area contributed by atoms with Gasteiger partial charge in [-0.3, -0.25) is 39.0 Å². The number of fused-ring (bicyclic) bond motifs is 2. The summed E-state index contributed by atoms with van der Waals surface area (Å²) in [4.78, 5) is 96.3. The second-order valence-corrected chi connectivity index (χ2v) is 21.8. The summed E-state index contributed by atoms with van der Waals surface area (Å²) < 4.78 is 3.38. The molecular weight excluding hydrogens is 985 g/mol. The Morgan fingerprint density at radius 3 is 2.01 bits per heavy atom. The Hall–Kier alpha value is -4.98. The van der Waals surface area contributed by atoms with Crippen LogP contribution in [-0.4, -0.2) is 193 Å². The van der Waals surface area contributed by atoms with Crippen molar-refractivity contribution >= 4 is 115 Å². The number of amides is 5. The number of tetrazole rings is 2. The van der Waals surface area contributed by atoms with Crippen molar-refractivity contribution in [2.45, 2.75) is 72.0 Å². The fourth-order valence-electron chi connectivity index (χ4n) is 7.37. The highest BCUT2D eigenvalue weighted by Gasteiger charge is 2.56. The number of ketones is 1. The average molecular weight is 1030 g/mol. The Bertz CT molecular complexity index is 2610. The molecule has 2 saturated heterocycles. The van der Waals surface area contributed by atoms with Crippen molar-refractivity contribution in [1.29, 1.82) is 0 Å². The van der Waals surface area contributed by atoms with E-state index in [0.717, 1.165) is 23.5 Å². The molecule has 8 heterocycles. The molecule has 2 fully saturated rings. The highest BCUT2D eigenvalue weighted by molar-refractivity contribution is 8.03. The topological polar surface area (TPSA) is 290 Å². The minimum absolute atomic E-state index is 0.0555. The Balaban J connectivity index is 0.891. The number of carbonyl (C=O) groups excluding carboxylic acids is 6. The van der Waals surface area contributed by atoms with E-state index in [9.17, 15) is 28.8 Å². The van der Waals surface area contributed by atoms with E-state index in [4.69, 9.17) is 5.73 Å². The first-order chi connectivity index (χ1) is 32.1. The SMILES string of the molecule is CC(=O)C1=C(CSc2nnnn2CCN(C)C)CS[C@@H]2[C@H](NC(=O)Cc3csc(NC(=O)C4C(CSc5nnnn5CCN(C)C)=CS[C@@H]5[C@H](NC(=O)Cc6csc(N)n6)C(=O)N45)n3)C(=O)N12. The second-order valence-electron chi connectivity index (χ2n) is 16.1. The lowest BCUT2D eigenvalue weighted by Gasteiger charge is -2.52. The third-order valence-electron chi connectivity index (χ3n) is 10.6. The highest BCUT2D eigenvalue weighted by atomic mass is 32.2. The number of thioether (sulfide) groups is 4. The standard InChI is InChI=1S/C37H46N18O6S6/c1-18(56)27-19(14-66-36-44-46-48-52(36)8-6-50(2)3)12-62-32-25(30(60)54(27)32)42-24(58)11-22-17-65-35(40-22)43-29(59)28-20(15-67-37-45-47-49-53(37)9-7-51(4)5)13-63-33-26(31(61)55(28)33)41-23(57)10-21-16-64-34(38)39-21/h13,16-17,25-26,28,32-33H,6-12,14-15H2,1-5H3,(H2,38,39)(H,41,57)(H,42,58)(H,40,43,59)/t25-,26-,28?,32-,33-/m1/s1. The number of nitrogens with zero attached hydrogens (tertiary/aromatic N) is 14. The summed E-state index contributed by atoms with van der Waals surface area (Å²) in [6, 6.07) is -2.78. The van der Waals surface area contributed by atoms with Crippen molar-refractivity contribution in [2.24, 2.45) is 0 Å². The van der Waals surface area contributed by atoms with Gasteiger partial charge in [-0.1, -0.05) is 23.5 Å². The number of hydrogen-bond donors (Lipinski definition) is 4. The molecule has 5 atom stereocenters. The lowest BCUT2D eigenvalue weighted by Crippen LogP contribution is -2.74. The van der Waals surface area contributed by atoms with E-state index in [2.05, 4.69) is 57.0 Å². The number of anilines is 2. The molecule has 67 heavy (non-hydrogen) atoms. The van der Waals surface area contributed by atoms with E-state index < -0.39 is 52.5 Å². The maximum absolute atomic E-state index is 14.2. The molecular formula is C37H46N18O6S6. The van der Waals surface area contributed by atoms with E-state index in [1.165, 1.54) is 75.1 Å². The van der Waals surface area contributed by atoms with Crippen molar-refractivity contribution in [2.75, 3.05) is 69.6 Å². The first kappa shape index (κ1) is 48.5. The van der Waals surface area contributed by atoms with Gasteiger partial charge in [-0.15, -0.1) is 56.4 Å². The van der Waals surface area contributed by atoms with Crippen LogP contribution in [0.5, 0.6) is 0 Å². The Kier molecular flexibility index (Phi) is 15.3. The molecule has 5 N–H and O–H groups in total. The number of hydrogen-bond acceptors (Lipinski definition) is 23. The molecule has 0 saturated carbocycles. The van der Waals surface area contributed by atoms with Crippen LogP contribution in [0.15, 0.2) is 43.3 Å². The van der Waals surface area contributed by atoms with Crippen LogP contribution in [-0.2, 0) is 54.7 Å². The number of nitrogen functional groups attached to an aromatic ring is 1. The summed E-state index contributed by atoms with van der Waals surface area (Å²) in [5, 5.41) is 38.3. The lowest BCUT2D eigenvalue weighted by molar-refractivity contribution is -0.153. The van der Waals surface area contributed by atoms with E-state index >= 15 is 0 Å². The first-order valence-corrected chi connectivity index (χ1v) is 26.3. The predicted molar refractivity (Wildman–Crippen MR) is 254 cm³/mol. The molecule has 0 aliphatic carbocycles. The summed E-state index contributed by atoms with van der Waals surface area (Å²) in [6.07, 6.45) is -0.237. The lowest BCUT2D eigenvalue weighted by atomic mass is 9.98. The van der Waals surface area contributed by atoms with Crippen LogP contribution in [0, 0.1) is 0 Å². The zero-order chi connectivity index (χ0) is 47.5. The van der Waals surface area contributed by atoms with Crippen LogP contribution in [0.1, 0.15) is 18.3 Å². The van der Waals surface area contributed by atoms with Gasteiger partial charge in [0.25, 0.3) is 11.8 Å². The van der Waals surface area contributed by atoms with Gasteiger partial charge in [-0.05, 0) is 65.6 Å². The number of thiazole rings is 2. The van der Waals surface area contributed by atoms with E-state index in [1.807, 2.05) is 43.4 Å². The van der Waals surface area contributed by atoms with Crippen molar-refractivity contribution in [1.82, 2.24) is 80.6 Å². The van der Waals surface area contributed by atoms with Gasteiger partial charge < -0.3 is 31.1 Å². The van der Waals surface area contributed by atoms with Crippen LogP contribution < -0.4 is 21.7 Å². The molecule has 0 bridgehead atoms. The molecule has 4 aromatic rings. The van der Waals surface area contributed by atoms with Gasteiger partial charge in [0.2, 0.25) is 28.0 Å². The maximum atomic E-state index is 14.2. The van der Waals surface area contributed by atoms with E-state index in [1.54, 1.807) is 20.1 Å². The number of rotatable bonds is 21. The van der Waals surface area contributed by atoms with Crippen molar-refractivity contribution < 1.29 is 28.8 Å². The molecule has 4 aromatic heterocycles. The summed E-state index contributed by atoms with van der Waals surface area (Å²) in [5.74, 6) is -1.29. The second kappa shape index (κ2) is 21.1. The summed E-state index contributed by atoms with van der Waals surface area (Å²) in [5.41, 5.74) is 8.30. The van der Waals surface area contributed by atoms with Crippen LogP contribution in [0.25, 0.3) is 0 Å². The molecule has 5 amide bonds. The molecule has 0 spiro atoms. The Morgan fingerprint density at radius 2 is 1.42 bits per heavy atom. The zero-order valence-electron chi connectivity index (χ0n) is 36.7. The fourth-order valence-corrected chi connectivity index (χ4v) is 13.3. The van der Waals surface area contributed by atoms with Gasteiger partial charge in [0.1, 0.15) is 28.9 Å². The molecule has 24 nitrogen and oxygen atoms in total. The van der Waals surface area contributed by atoms with Crippen molar-refractivity contribution in [3.05, 3.63) is 44.4 Å². The highest BCUT2D eigenvalue weighted by Crippen LogP contribution is 2.43. The van der Waals surface area contributed by atoms with Crippen molar-refractivity contribution in [3.63, 3.8) is 0 Å². The molecule has 30 heteroatoms. The van der Waals surface area contributed by atoms with Gasteiger partial charge in [0.05, 0.1) is 43.0 Å². The molecule has 0 aromatic carbocycles. The Morgan fingerprint density at radius 1 is 0.821 bits per heavy atom. The minimum Gasteiger partial charge on any atom is -0.375 e. The normalized spacial score (nSPS) is 21.2. The van der Waals surface area contributed by atoms with Gasteiger partial charge >= 0.3 is 0 Å². The van der Waals surface area contributed by atoms with Gasteiger partial charge in [-0.25, -0.2) is 19.3 Å². The quantitative estimate of drug-likeness (QED) is 0.0603. The number of nitrogens with two attached hydrogens (primary N) is 1. The number of aromatic nitrogens is 10. The first-order valence-electron chi connectivity index (χ1n) is 20.6. The number of β-lactam (4-membered cyclic amide) rings is 2. The van der Waals surface area contributed by atoms with E-state index in [0.29, 0.717) is 69.2 Å². The van der Waals surface area contributed by atoms with Crippen LogP contribution in [0.3, 0.4) is 0 Å². The van der Waals surface area contributed by atoms with Crippen molar-refractivity contribution in [3.8, 4) is 0 Å². The number of Topliss-reactive ketones (excluding diaryl/α,β-unsaturated/α-hetero) is 1. The average Bonchev–Trinajstić information content (AvgIpc) is 4.13. The summed E-state index contributed by atoms with van der Waals surface area (Å²) >= 11 is 7.83. The zero-order valence-corrected chi connectivity index (χ0v) is 41.6. The number of carbonyl (C=O) groups is 6. The third kappa shape index (κ3) is 11.0. The van der Waals surface area contributed by atoms with E-state index in [-0.39, 0.29) is 35.4 Å². The molecule has 4 aliphatic rings. The minimum atomic E-state index is -1.06. The predicted octanol–water partition coefficient (Wildman–Crippen LogP) is -0.518.